The third-order valence-corrected chi connectivity index (χ3v) is 4.73. The molecule has 10 heteroatoms. The first-order valence-corrected chi connectivity index (χ1v) is 9.08. The van der Waals surface area contributed by atoms with Crippen LogP contribution in [0.5, 0.6) is 16.7 Å². The Kier molecular flexibility index (Phi) is 17.9. The molecular weight excluding hydrogens is 443 g/mol. The highest BCUT2D eigenvalue weighted by Gasteiger charge is 2.22. The molecule has 0 amide bonds. The minimum absolute atomic E-state index is 0. The molecule has 151 valence electrons. The summed E-state index contributed by atoms with van der Waals surface area (Å²) in [5.41, 5.74) is 2.05. The lowest BCUT2D eigenvalue weighted by atomic mass is 10.1. The summed E-state index contributed by atoms with van der Waals surface area (Å²) in [4.78, 5) is 4.62. The molecule has 1 aromatic carbocycles. The number of nitrogens with zero attached hydrogens (tertiary/aromatic N) is 1. The monoisotopic (exact) mass is 472 g/mol. The number of hydrogen-bond acceptors (Lipinski definition) is 5. The number of aromatic nitrogens is 1. The van der Waals surface area contributed by atoms with Crippen LogP contribution in [0.1, 0.15) is 39.7 Å². The Morgan fingerprint density at radius 2 is 1.38 bits per heavy atom. The highest BCUT2D eigenvalue weighted by Crippen LogP contribution is 2.41. The summed E-state index contributed by atoms with van der Waals surface area (Å²) in [7, 11) is 3.77. The molecule has 0 saturated carbocycles. The van der Waals surface area contributed by atoms with Crippen molar-refractivity contribution in [2.45, 2.75) is 40.5 Å². The van der Waals surface area contributed by atoms with E-state index in [4.69, 9.17) is 14.2 Å². The largest absolute Gasteiger partial charge is 0.490 e. The number of benzene rings is 1. The molecule has 1 aromatic heterocycles. The second-order valence-corrected chi connectivity index (χ2v) is 6.18. The van der Waals surface area contributed by atoms with Crippen LogP contribution >= 0.6 is 65.3 Å². The predicted molar refractivity (Wildman–Crippen MR) is 134 cm³/mol. The first-order valence-electron chi connectivity index (χ1n) is 7.77. The first kappa shape index (κ1) is 30.8. The Bertz CT molecular complexity index is 655. The normalized spacial score (nSPS) is 9.27. The number of ether oxygens (including phenoxy) is 3. The second-order valence-electron chi connectivity index (χ2n) is 4.72. The van der Waals surface area contributed by atoms with E-state index in [1.54, 1.807) is 11.3 Å². The topological polar surface area (TPSA) is 40.6 Å². The summed E-state index contributed by atoms with van der Waals surface area (Å²) >= 11 is 1.57. The SMILES string of the molecule is CCCc1c([Si])c(OCC)c(OCC)c2nc(OCC)sc12.S.S.S.S. The summed E-state index contributed by atoms with van der Waals surface area (Å²) in [5.74, 6) is 1.44. The Labute approximate surface area is 192 Å². The van der Waals surface area contributed by atoms with E-state index in [0.29, 0.717) is 30.8 Å². The third-order valence-electron chi connectivity index (χ3n) is 3.18. The third kappa shape index (κ3) is 6.63. The summed E-state index contributed by atoms with van der Waals surface area (Å²) < 4.78 is 18.4. The summed E-state index contributed by atoms with van der Waals surface area (Å²) in [5, 5.41) is 1.64. The molecule has 0 atom stereocenters. The van der Waals surface area contributed by atoms with E-state index >= 15 is 0 Å². The molecule has 0 unspecified atom stereocenters. The summed E-state index contributed by atoms with van der Waals surface area (Å²) in [6.07, 6.45) is 2.00. The molecule has 0 saturated heterocycles. The highest BCUT2D eigenvalue weighted by molar-refractivity contribution is 7.59. The molecule has 0 fully saturated rings. The van der Waals surface area contributed by atoms with Crippen molar-refractivity contribution in [3.63, 3.8) is 0 Å². The van der Waals surface area contributed by atoms with Crippen LogP contribution in [0, 0.1) is 0 Å². The Balaban J connectivity index is -0.00000132. The fourth-order valence-corrected chi connectivity index (χ4v) is 3.94. The van der Waals surface area contributed by atoms with E-state index in [0.717, 1.165) is 34.0 Å². The first-order chi connectivity index (χ1) is 10.7. The van der Waals surface area contributed by atoms with E-state index in [2.05, 4.69) is 22.2 Å². The van der Waals surface area contributed by atoms with Gasteiger partial charge in [0.25, 0.3) is 5.19 Å². The van der Waals surface area contributed by atoms with Crippen LogP contribution in [-0.4, -0.2) is 35.0 Å². The maximum Gasteiger partial charge on any atom is 0.274 e. The van der Waals surface area contributed by atoms with E-state index < -0.39 is 0 Å². The minimum Gasteiger partial charge on any atom is -0.490 e. The van der Waals surface area contributed by atoms with Gasteiger partial charge in [-0.25, -0.2) is 0 Å². The molecule has 1 heterocycles. The lowest BCUT2D eigenvalue weighted by Gasteiger charge is -2.17. The molecule has 2 aromatic rings. The van der Waals surface area contributed by atoms with Crippen molar-refractivity contribution in [3.8, 4) is 16.7 Å². The molecule has 0 aliphatic rings. The van der Waals surface area contributed by atoms with Crippen molar-refractivity contribution in [2.75, 3.05) is 19.8 Å². The summed E-state index contributed by atoms with van der Waals surface area (Å²) in [6, 6.07) is 0. The van der Waals surface area contributed by atoms with Crippen LogP contribution in [-0.2, 0) is 6.42 Å². The molecule has 0 bridgehead atoms. The van der Waals surface area contributed by atoms with Gasteiger partial charge in [-0.3, -0.25) is 0 Å². The van der Waals surface area contributed by atoms with E-state index in [9.17, 15) is 0 Å². The highest BCUT2D eigenvalue weighted by atomic mass is 32.1. The van der Waals surface area contributed by atoms with Crippen molar-refractivity contribution in [3.05, 3.63) is 5.56 Å². The van der Waals surface area contributed by atoms with Gasteiger partial charge in [0.05, 0.1) is 34.8 Å². The average Bonchev–Trinajstić information content (AvgIpc) is 2.91. The van der Waals surface area contributed by atoms with Crippen molar-refractivity contribution < 1.29 is 14.2 Å². The maximum atomic E-state index is 5.84. The molecule has 0 aliphatic heterocycles. The molecule has 0 aliphatic carbocycles. The van der Waals surface area contributed by atoms with Gasteiger partial charge in [0.15, 0.2) is 11.5 Å². The molecule has 4 nitrogen and oxygen atoms in total. The van der Waals surface area contributed by atoms with Crippen molar-refractivity contribution in [1.82, 2.24) is 4.98 Å². The standard InChI is InChI=1S/C16H22NO3SSi.4H2S/c1-5-9-10-14-11(17-16(21-14)20-8-4)12(18-6-2)13(15(10)22)19-7-3;;;;/h5-9H2,1-4H3;4*1H2. The van der Waals surface area contributed by atoms with E-state index in [-0.39, 0.29) is 54.0 Å². The van der Waals surface area contributed by atoms with Gasteiger partial charge in [0.2, 0.25) is 0 Å². The van der Waals surface area contributed by atoms with Crippen LogP contribution in [0.2, 0.25) is 0 Å². The predicted octanol–water partition coefficient (Wildman–Crippen LogP) is 3.69. The van der Waals surface area contributed by atoms with Crippen molar-refractivity contribution in [1.29, 1.82) is 0 Å². The number of rotatable bonds is 8. The molecule has 3 radical (unpaired) electrons. The van der Waals surface area contributed by atoms with E-state index in [1.165, 1.54) is 5.56 Å². The lowest BCUT2D eigenvalue weighted by molar-refractivity contribution is 0.292. The summed E-state index contributed by atoms with van der Waals surface area (Å²) in [6.45, 7) is 9.81. The molecule has 0 N–H and O–H groups in total. The molecule has 2 rings (SSSR count). The van der Waals surface area contributed by atoms with Gasteiger partial charge in [0, 0.05) is 0 Å². The fourth-order valence-electron chi connectivity index (χ4n) is 2.36. The average molecular weight is 473 g/mol. The van der Waals surface area contributed by atoms with Gasteiger partial charge in [-0.1, -0.05) is 24.7 Å². The van der Waals surface area contributed by atoms with Gasteiger partial charge in [-0.15, -0.1) is 0 Å². The zero-order chi connectivity index (χ0) is 16.1. The Morgan fingerprint density at radius 1 is 0.846 bits per heavy atom. The van der Waals surface area contributed by atoms with Crippen LogP contribution in [0.3, 0.4) is 0 Å². The van der Waals surface area contributed by atoms with Gasteiger partial charge in [-0.05, 0) is 37.9 Å². The van der Waals surface area contributed by atoms with Gasteiger partial charge < -0.3 is 14.2 Å². The zero-order valence-electron chi connectivity index (χ0n) is 15.6. The molecule has 0 spiro atoms. The number of aryl methyl sites for hydroxylation is 1. The van der Waals surface area contributed by atoms with Crippen molar-refractivity contribution in [2.24, 2.45) is 0 Å². The van der Waals surface area contributed by atoms with E-state index in [1.807, 2.05) is 20.8 Å². The minimum atomic E-state index is 0. The van der Waals surface area contributed by atoms with Gasteiger partial charge in [0.1, 0.15) is 5.52 Å². The van der Waals surface area contributed by atoms with Crippen molar-refractivity contribution >= 4 is 91.0 Å². The molecular formula is C16H30NO3S5Si. The smallest absolute Gasteiger partial charge is 0.274 e. The fraction of sp³-hybridized carbons (Fsp3) is 0.562. The maximum absolute atomic E-state index is 5.84. The number of fused-ring (bicyclic) bond motifs is 1. The molecule has 26 heavy (non-hydrogen) atoms. The Morgan fingerprint density at radius 3 is 1.88 bits per heavy atom. The Hall–Kier alpha value is 0.127. The van der Waals surface area contributed by atoms with Crippen LogP contribution in [0.25, 0.3) is 10.2 Å². The van der Waals surface area contributed by atoms with Crippen LogP contribution in [0.4, 0.5) is 0 Å². The van der Waals surface area contributed by atoms with Gasteiger partial charge >= 0.3 is 0 Å². The van der Waals surface area contributed by atoms with Crippen LogP contribution in [0.15, 0.2) is 0 Å². The lowest BCUT2D eigenvalue weighted by Crippen LogP contribution is -2.17. The number of thiazole rings is 1. The van der Waals surface area contributed by atoms with Crippen LogP contribution < -0.4 is 19.4 Å². The van der Waals surface area contributed by atoms with Gasteiger partial charge in [-0.2, -0.15) is 59.0 Å². The second kappa shape index (κ2) is 15.1. The quantitative estimate of drug-likeness (QED) is 0.550. The number of hydrogen-bond donors (Lipinski definition) is 0. The zero-order valence-corrected chi connectivity index (χ0v) is 21.4.